The van der Waals surface area contributed by atoms with E-state index in [0.29, 0.717) is 14.1 Å². The molecule has 20 heteroatoms. The van der Waals surface area contributed by atoms with E-state index in [1.54, 1.807) is 27.7 Å². The molecule has 0 spiro atoms. The van der Waals surface area contributed by atoms with Gasteiger partial charge in [0.25, 0.3) is 0 Å². The number of esters is 4. The molecule has 304 valence electrons. The fourth-order valence-electron chi connectivity index (χ4n) is 3.26. The Morgan fingerprint density at radius 2 is 0.623 bits per heavy atom. The number of thioether (sulfide) groups is 8. The van der Waals surface area contributed by atoms with Crippen molar-refractivity contribution >= 4 is 181 Å². The van der Waals surface area contributed by atoms with Gasteiger partial charge in [-0.2, -0.15) is 0 Å². The van der Waals surface area contributed by atoms with Crippen LogP contribution in [0.5, 0.6) is 0 Å². The van der Waals surface area contributed by atoms with Crippen molar-refractivity contribution < 1.29 is 38.1 Å². The molecule has 4 atom stereocenters. The van der Waals surface area contributed by atoms with Crippen molar-refractivity contribution in [2.45, 2.75) is 102 Å². The highest BCUT2D eigenvalue weighted by atomic mass is 32.2. The first-order chi connectivity index (χ1) is 25.0. The minimum Gasteiger partial charge on any atom is -0.464 e. The molecule has 0 amide bonds. The smallest absolute Gasteiger partial charge is 0.319 e. The molecule has 0 aliphatic rings. The Bertz CT molecular complexity index is 1020. The van der Waals surface area contributed by atoms with Gasteiger partial charge in [-0.1, -0.05) is 124 Å². The molecule has 0 aliphatic carbocycles. The molecular formula is C33H52O8S12. The molecule has 0 aliphatic heterocycles. The number of carbonyl (C=O) groups excluding carboxylic acids is 4. The van der Waals surface area contributed by atoms with Crippen LogP contribution < -0.4 is 0 Å². The van der Waals surface area contributed by atoms with Crippen molar-refractivity contribution in [2.75, 3.05) is 49.4 Å². The number of hydrogen-bond acceptors (Lipinski definition) is 20. The fraction of sp³-hybridized carbons (Fsp3) is 0.758. The summed E-state index contributed by atoms with van der Waals surface area (Å²) in [5.74, 6) is 1.02. The van der Waals surface area contributed by atoms with Crippen LogP contribution in [0.2, 0.25) is 0 Å². The van der Waals surface area contributed by atoms with Crippen LogP contribution >= 0.6 is 143 Å². The highest BCUT2D eigenvalue weighted by Crippen LogP contribution is 2.30. The molecule has 53 heavy (non-hydrogen) atoms. The lowest BCUT2D eigenvalue weighted by molar-refractivity contribution is -0.169. The molecule has 0 aromatic heterocycles. The first-order valence-electron chi connectivity index (χ1n) is 17.0. The average molecular weight is 962 g/mol. The normalized spacial score (nSPS) is 14.5. The number of ether oxygens (including phenoxy) is 4. The van der Waals surface area contributed by atoms with Gasteiger partial charge in [-0.3, -0.25) is 19.2 Å². The van der Waals surface area contributed by atoms with E-state index in [-0.39, 0.29) is 26.4 Å². The van der Waals surface area contributed by atoms with Gasteiger partial charge in [0.1, 0.15) is 67.0 Å². The van der Waals surface area contributed by atoms with E-state index in [9.17, 15) is 19.2 Å². The van der Waals surface area contributed by atoms with Crippen molar-refractivity contribution in [1.29, 1.82) is 0 Å². The van der Waals surface area contributed by atoms with Crippen LogP contribution in [0.1, 0.15) is 81.1 Å². The molecule has 0 aromatic rings. The van der Waals surface area contributed by atoms with E-state index in [2.05, 4.69) is 0 Å². The zero-order chi connectivity index (χ0) is 40.4. The lowest BCUT2D eigenvalue weighted by Crippen LogP contribution is -2.45. The van der Waals surface area contributed by atoms with Crippen LogP contribution in [0.3, 0.4) is 0 Å². The van der Waals surface area contributed by atoms with Crippen molar-refractivity contribution in [2.24, 2.45) is 5.41 Å². The topological polar surface area (TPSA) is 105 Å². The Kier molecular flexibility index (Phi) is 32.6. The molecule has 0 bridgehead atoms. The molecule has 0 aromatic carbocycles. The summed E-state index contributed by atoms with van der Waals surface area (Å²) < 4.78 is 25.6. The van der Waals surface area contributed by atoms with Gasteiger partial charge < -0.3 is 18.9 Å². The third-order valence-corrected chi connectivity index (χ3v) is 17.7. The SMILES string of the molecule is CCCSC(=S)SC(C)C(=O)OCC(COC(=O)C(C)SC(=S)SCCC)(COC(=O)C(C)SC(=S)SCCC)COC(=O)C(C)SC(=S)SCCC. The van der Waals surface area contributed by atoms with Gasteiger partial charge in [-0.05, 0) is 76.4 Å². The van der Waals surface area contributed by atoms with Gasteiger partial charge in [0.15, 0.2) is 0 Å². The second kappa shape index (κ2) is 32.0. The third-order valence-electron chi connectivity index (χ3n) is 6.20. The maximum Gasteiger partial charge on any atom is 0.319 e. The number of hydrogen-bond donors (Lipinski definition) is 0. The Hall–Kier alpha value is 1.04. The highest BCUT2D eigenvalue weighted by Gasteiger charge is 2.40. The molecule has 0 N–H and O–H groups in total. The van der Waals surface area contributed by atoms with Gasteiger partial charge in [0.05, 0.1) is 0 Å². The zero-order valence-corrected chi connectivity index (χ0v) is 41.3. The van der Waals surface area contributed by atoms with Gasteiger partial charge in [0.2, 0.25) is 0 Å². The van der Waals surface area contributed by atoms with E-state index >= 15 is 0 Å². The maximum absolute atomic E-state index is 13.3. The zero-order valence-electron chi connectivity index (χ0n) is 31.5. The van der Waals surface area contributed by atoms with Crippen LogP contribution in [0.4, 0.5) is 0 Å². The van der Waals surface area contributed by atoms with Crippen LogP contribution in [-0.4, -0.2) is 108 Å². The summed E-state index contributed by atoms with van der Waals surface area (Å²) in [6, 6.07) is 0. The van der Waals surface area contributed by atoms with E-state index < -0.39 is 50.3 Å². The lowest BCUT2D eigenvalue weighted by Gasteiger charge is -2.33. The molecular weight excluding hydrogens is 909 g/mol. The highest BCUT2D eigenvalue weighted by molar-refractivity contribution is 8.49. The summed E-state index contributed by atoms with van der Waals surface area (Å²) in [5, 5.41) is -2.59. The quantitative estimate of drug-likeness (QED) is 0.0520. The summed E-state index contributed by atoms with van der Waals surface area (Å²) in [6.45, 7) is 13.4. The number of rotatable bonds is 24. The fourth-order valence-corrected chi connectivity index (χ4v) is 13.1. The van der Waals surface area contributed by atoms with Gasteiger partial charge >= 0.3 is 23.9 Å². The molecule has 0 radical (unpaired) electrons. The van der Waals surface area contributed by atoms with Crippen molar-refractivity contribution in [1.82, 2.24) is 0 Å². The third kappa shape index (κ3) is 25.9. The second-order valence-corrected chi connectivity index (χ2v) is 25.9. The van der Waals surface area contributed by atoms with Crippen molar-refractivity contribution in [3.63, 3.8) is 0 Å². The Morgan fingerprint density at radius 3 is 0.792 bits per heavy atom. The molecule has 0 heterocycles. The summed E-state index contributed by atoms with van der Waals surface area (Å²) >= 11 is 32.5. The van der Waals surface area contributed by atoms with E-state index in [1.165, 1.54) is 94.1 Å². The maximum atomic E-state index is 13.3. The predicted molar refractivity (Wildman–Crippen MR) is 256 cm³/mol. The van der Waals surface area contributed by atoms with Crippen LogP contribution in [0, 0.1) is 5.41 Å². The van der Waals surface area contributed by atoms with Gasteiger partial charge in [-0.15, -0.1) is 47.0 Å². The van der Waals surface area contributed by atoms with E-state index in [0.717, 1.165) is 48.7 Å². The van der Waals surface area contributed by atoms with Crippen LogP contribution in [0.15, 0.2) is 0 Å². The molecule has 8 nitrogen and oxygen atoms in total. The summed E-state index contributed by atoms with van der Waals surface area (Å²) in [7, 11) is 0. The Balaban J connectivity index is 6.35. The van der Waals surface area contributed by atoms with E-state index in [4.69, 9.17) is 67.8 Å². The number of thiocarbonyl (C=S) groups is 4. The number of carbonyl (C=O) groups is 4. The van der Waals surface area contributed by atoms with Crippen LogP contribution in [0.25, 0.3) is 0 Å². The molecule has 4 unspecified atom stereocenters. The Morgan fingerprint density at radius 1 is 0.434 bits per heavy atom. The lowest BCUT2D eigenvalue weighted by atomic mass is 9.92. The van der Waals surface area contributed by atoms with Crippen LogP contribution in [-0.2, 0) is 38.1 Å². The summed E-state index contributed by atoms with van der Waals surface area (Å²) in [6.07, 6.45) is 3.74. The molecule has 0 fully saturated rings. The monoisotopic (exact) mass is 960 g/mol. The summed E-state index contributed by atoms with van der Waals surface area (Å²) in [5.41, 5.74) is -1.45. The largest absolute Gasteiger partial charge is 0.464 e. The minimum atomic E-state index is -1.45. The standard InChI is InChI=1S/C33H52O8S12/c1-9-13-46-29(42)50-21(5)25(34)38-17-33(18-39-26(35)22(6)51-30(43)47-14-10-2,19-40-27(36)23(7)52-31(44)48-15-11-3)20-41-28(37)24(8)53-32(45)49-16-12-4/h21-24H,9-20H2,1-8H3. The first-order valence-corrected chi connectivity index (χ1v) is 26.1. The summed E-state index contributed by atoms with van der Waals surface area (Å²) in [4.78, 5) is 53.1. The van der Waals surface area contributed by atoms with Crippen molar-refractivity contribution in [3.8, 4) is 0 Å². The predicted octanol–water partition coefficient (Wildman–Crippen LogP) is 10.3. The second-order valence-electron chi connectivity index (χ2n) is 11.4. The van der Waals surface area contributed by atoms with Crippen molar-refractivity contribution in [3.05, 3.63) is 0 Å². The van der Waals surface area contributed by atoms with Gasteiger partial charge in [-0.25, -0.2) is 0 Å². The average Bonchev–Trinajstić information content (AvgIpc) is 3.12. The van der Waals surface area contributed by atoms with E-state index in [1.807, 2.05) is 27.7 Å². The molecule has 0 saturated heterocycles. The Labute approximate surface area is 372 Å². The molecule has 0 saturated carbocycles. The first kappa shape index (κ1) is 54.0. The minimum absolute atomic E-state index is 0.385. The van der Waals surface area contributed by atoms with Gasteiger partial charge in [0, 0.05) is 0 Å². The molecule has 0 rings (SSSR count).